The van der Waals surface area contributed by atoms with Crippen molar-refractivity contribution in [2.75, 3.05) is 0 Å². The van der Waals surface area contributed by atoms with E-state index in [2.05, 4.69) is 4.72 Å². The Morgan fingerprint density at radius 3 is 2.55 bits per heavy atom. The van der Waals surface area contributed by atoms with Gasteiger partial charge in [0.05, 0.1) is 11.8 Å². The first kappa shape index (κ1) is 20.8. The van der Waals surface area contributed by atoms with Gasteiger partial charge in [0.25, 0.3) is 10.0 Å². The van der Waals surface area contributed by atoms with Gasteiger partial charge >= 0.3 is 0 Å². The zero-order valence-corrected chi connectivity index (χ0v) is 17.2. The minimum absolute atomic E-state index is 0.0227. The Labute approximate surface area is 172 Å². The molecule has 0 aliphatic carbocycles. The fourth-order valence-corrected chi connectivity index (χ4v) is 5.45. The summed E-state index contributed by atoms with van der Waals surface area (Å²) in [5.41, 5.74) is 6.39. The number of nitrogens with two attached hydrogens (primary N) is 1. The summed E-state index contributed by atoms with van der Waals surface area (Å²) < 4.78 is 28.6. The molecule has 150 valence electrons. The normalized spacial score (nSPS) is 12.6. The number of benzene rings is 2. The zero-order chi connectivity index (χ0) is 21.2. The number of Topliss-reactive ketones (excluding diaryl/α,β-unsaturated/α-hetero) is 1. The maximum atomic E-state index is 12.7. The van der Waals surface area contributed by atoms with E-state index in [1.165, 1.54) is 6.92 Å². The Kier molecular flexibility index (Phi) is 5.92. The molecular weight excluding hydrogens is 408 g/mol. The van der Waals surface area contributed by atoms with Crippen molar-refractivity contribution in [3.8, 4) is 0 Å². The van der Waals surface area contributed by atoms with Gasteiger partial charge in [0.2, 0.25) is 0 Å². The van der Waals surface area contributed by atoms with Crippen molar-refractivity contribution in [1.82, 2.24) is 4.72 Å². The minimum Gasteiger partial charge on any atom is -0.384 e. The van der Waals surface area contributed by atoms with Crippen LogP contribution in [-0.4, -0.2) is 31.8 Å². The average molecular weight is 429 g/mol. The van der Waals surface area contributed by atoms with Crippen molar-refractivity contribution in [1.29, 1.82) is 10.8 Å². The third-order valence-electron chi connectivity index (χ3n) is 4.31. The Morgan fingerprint density at radius 2 is 1.86 bits per heavy atom. The third kappa shape index (κ3) is 4.76. The molecule has 5 N–H and O–H groups in total. The van der Waals surface area contributed by atoms with Gasteiger partial charge in [-0.1, -0.05) is 36.4 Å². The monoisotopic (exact) mass is 428 g/mol. The third-order valence-corrected chi connectivity index (χ3v) is 7.44. The van der Waals surface area contributed by atoms with Gasteiger partial charge in [-0.25, -0.2) is 8.42 Å². The molecule has 1 atom stereocenters. The number of sulfonamides is 1. The highest BCUT2D eigenvalue weighted by Crippen LogP contribution is 2.28. The lowest BCUT2D eigenvalue weighted by molar-refractivity contribution is -0.114. The van der Waals surface area contributed by atoms with Crippen LogP contribution in [-0.2, 0) is 21.2 Å². The molecule has 3 aromatic rings. The number of thiophene rings is 1. The number of amidine groups is 1. The summed E-state index contributed by atoms with van der Waals surface area (Å²) in [6.07, 6.45) is 0.0227. The molecule has 7 nitrogen and oxygen atoms in total. The molecule has 0 unspecified atom stereocenters. The summed E-state index contributed by atoms with van der Waals surface area (Å²) in [4.78, 5) is 12.5. The van der Waals surface area contributed by atoms with E-state index < -0.39 is 21.8 Å². The molecule has 9 heteroatoms. The van der Waals surface area contributed by atoms with E-state index in [0.717, 1.165) is 21.4 Å². The number of carbonyl (C=O) groups excluding carboxylic acids is 1. The molecule has 1 heterocycles. The first-order valence-corrected chi connectivity index (χ1v) is 11.0. The molecule has 0 aliphatic heterocycles. The minimum atomic E-state index is -3.88. The molecular formula is C20H20N4O3S2. The number of hydrogen-bond donors (Lipinski definition) is 4. The quantitative estimate of drug-likeness (QED) is 0.324. The van der Waals surface area contributed by atoms with Gasteiger partial charge in [-0.15, -0.1) is 11.3 Å². The van der Waals surface area contributed by atoms with Gasteiger partial charge in [-0.3, -0.25) is 10.2 Å². The van der Waals surface area contributed by atoms with E-state index in [9.17, 15) is 13.2 Å². The van der Waals surface area contributed by atoms with Gasteiger partial charge in [0.15, 0.2) is 5.78 Å². The number of rotatable bonds is 8. The topological polar surface area (TPSA) is 137 Å². The fourth-order valence-electron chi connectivity index (χ4n) is 2.84. The van der Waals surface area contributed by atoms with Crippen molar-refractivity contribution < 1.29 is 13.2 Å². The summed E-state index contributed by atoms with van der Waals surface area (Å²) in [6.45, 7) is 1.42. The van der Waals surface area contributed by atoms with Gasteiger partial charge in [-0.05, 0) is 36.1 Å². The van der Waals surface area contributed by atoms with Gasteiger partial charge in [0, 0.05) is 16.7 Å². The molecule has 29 heavy (non-hydrogen) atoms. The maximum Gasteiger partial charge on any atom is 0.250 e. The Balaban J connectivity index is 1.71. The van der Waals surface area contributed by atoms with Gasteiger partial charge in [-0.2, -0.15) is 4.72 Å². The summed E-state index contributed by atoms with van der Waals surface area (Å²) in [5.74, 6) is -0.711. The van der Waals surface area contributed by atoms with E-state index >= 15 is 0 Å². The van der Waals surface area contributed by atoms with E-state index in [4.69, 9.17) is 16.6 Å². The summed E-state index contributed by atoms with van der Waals surface area (Å²) >= 11 is 1.13. The summed E-state index contributed by atoms with van der Waals surface area (Å²) in [7, 11) is -3.88. The van der Waals surface area contributed by atoms with Crippen molar-refractivity contribution in [3.63, 3.8) is 0 Å². The van der Waals surface area contributed by atoms with Crippen LogP contribution in [0.15, 0.2) is 58.8 Å². The number of ketones is 1. The second-order valence-corrected chi connectivity index (χ2v) is 9.60. The smallest absolute Gasteiger partial charge is 0.250 e. The largest absolute Gasteiger partial charge is 0.384 e. The molecule has 3 rings (SSSR count). The molecule has 0 fully saturated rings. The first-order chi connectivity index (χ1) is 13.7. The number of hydrogen-bond acceptors (Lipinski definition) is 6. The van der Waals surface area contributed by atoms with Crippen LogP contribution in [0.3, 0.4) is 0 Å². The standard InChI is InChI=1S/C20H20N4O3S2/c1-12(19(25)16(21)10-13-5-4-7-15(9-13)20(22)23)24-29(26,27)18-11-14-6-2-3-8-17(14)28-18/h2-9,11-12,21,24H,10H2,1H3,(H3,22,23)/t12-/m0/s1. The number of nitrogen functional groups attached to an aromatic ring is 1. The van der Waals surface area contributed by atoms with E-state index in [1.807, 2.05) is 24.3 Å². The Hall–Kier alpha value is -2.88. The molecule has 0 aliphatic rings. The average Bonchev–Trinajstić information content (AvgIpc) is 3.12. The lowest BCUT2D eigenvalue weighted by Gasteiger charge is -2.13. The second-order valence-electron chi connectivity index (χ2n) is 6.58. The molecule has 0 bridgehead atoms. The van der Waals surface area contributed by atoms with Crippen molar-refractivity contribution >= 4 is 48.8 Å². The number of fused-ring (bicyclic) bond motifs is 1. The van der Waals surface area contributed by atoms with Gasteiger partial charge in [0.1, 0.15) is 10.0 Å². The van der Waals surface area contributed by atoms with Crippen LogP contribution in [0.2, 0.25) is 0 Å². The fraction of sp³-hybridized carbons (Fsp3) is 0.150. The molecule has 0 radical (unpaired) electrons. The van der Waals surface area contributed by atoms with Crippen molar-refractivity contribution in [2.45, 2.75) is 23.6 Å². The molecule has 1 aromatic heterocycles. The number of nitrogens with one attached hydrogen (secondary N) is 3. The van der Waals surface area contributed by atoms with Crippen LogP contribution in [0, 0.1) is 10.8 Å². The van der Waals surface area contributed by atoms with Crippen LogP contribution in [0.25, 0.3) is 10.1 Å². The van der Waals surface area contributed by atoms with Crippen LogP contribution < -0.4 is 10.5 Å². The van der Waals surface area contributed by atoms with Crippen LogP contribution >= 0.6 is 11.3 Å². The SMILES string of the molecule is C[C@H](NS(=O)(=O)c1cc2ccccc2s1)C(=O)C(=N)Cc1cccc(C(=N)N)c1. The van der Waals surface area contributed by atoms with Crippen molar-refractivity contribution in [2.24, 2.45) is 5.73 Å². The molecule has 2 aromatic carbocycles. The Bertz CT molecular complexity index is 1180. The summed E-state index contributed by atoms with van der Waals surface area (Å²) in [6, 6.07) is 14.5. The molecule has 0 saturated heterocycles. The lowest BCUT2D eigenvalue weighted by atomic mass is 10.0. The predicted molar refractivity (Wildman–Crippen MR) is 116 cm³/mol. The molecule has 0 amide bonds. The first-order valence-electron chi connectivity index (χ1n) is 8.73. The highest BCUT2D eigenvalue weighted by molar-refractivity contribution is 7.91. The number of carbonyl (C=O) groups is 1. The molecule has 0 spiro atoms. The van der Waals surface area contributed by atoms with E-state index in [-0.39, 0.29) is 22.2 Å². The van der Waals surface area contributed by atoms with Crippen LogP contribution in [0.1, 0.15) is 18.1 Å². The van der Waals surface area contributed by atoms with E-state index in [0.29, 0.717) is 11.1 Å². The highest BCUT2D eigenvalue weighted by atomic mass is 32.2. The van der Waals surface area contributed by atoms with Crippen LogP contribution in [0.5, 0.6) is 0 Å². The van der Waals surface area contributed by atoms with Gasteiger partial charge < -0.3 is 11.1 Å². The predicted octanol–water partition coefficient (Wildman–Crippen LogP) is 2.68. The van der Waals surface area contributed by atoms with Crippen LogP contribution in [0.4, 0.5) is 0 Å². The zero-order valence-electron chi connectivity index (χ0n) is 15.6. The lowest BCUT2D eigenvalue weighted by Crippen LogP contribution is -2.41. The highest BCUT2D eigenvalue weighted by Gasteiger charge is 2.26. The second kappa shape index (κ2) is 8.24. The molecule has 0 saturated carbocycles. The van der Waals surface area contributed by atoms with Crippen molar-refractivity contribution in [3.05, 3.63) is 65.7 Å². The maximum absolute atomic E-state index is 12.7. The summed E-state index contributed by atoms with van der Waals surface area (Å²) in [5, 5.41) is 16.4. The van der Waals surface area contributed by atoms with E-state index in [1.54, 1.807) is 30.3 Å². The Morgan fingerprint density at radius 1 is 1.14 bits per heavy atom.